The summed E-state index contributed by atoms with van der Waals surface area (Å²) in [6, 6.07) is 7.49. The molecule has 0 saturated heterocycles. The average molecular weight is 735 g/mol. The molecule has 0 fully saturated rings. The van der Waals surface area contributed by atoms with Crippen LogP contribution in [0.1, 0.15) is 114 Å². The Balaban J connectivity index is 1.79. The number of aryl methyl sites for hydroxylation is 4. The predicted molar refractivity (Wildman–Crippen MR) is 189 cm³/mol. The normalized spacial score (nSPS) is 12.5. The highest BCUT2D eigenvalue weighted by molar-refractivity contribution is 5.69. The summed E-state index contributed by atoms with van der Waals surface area (Å²) in [7, 11) is 0. The van der Waals surface area contributed by atoms with Crippen LogP contribution >= 0.6 is 0 Å². The third-order valence-corrected chi connectivity index (χ3v) is 10.7. The molecule has 4 aromatic carbocycles. The highest BCUT2D eigenvalue weighted by Gasteiger charge is 2.39. The Labute approximate surface area is 301 Å². The van der Waals surface area contributed by atoms with Gasteiger partial charge in [0.2, 0.25) is 17.4 Å². The van der Waals surface area contributed by atoms with E-state index in [2.05, 4.69) is 0 Å². The van der Waals surface area contributed by atoms with Gasteiger partial charge in [0.1, 0.15) is 17.1 Å². The first kappa shape index (κ1) is 40.7. The monoisotopic (exact) mass is 734 g/mol. The Morgan fingerprint density at radius 1 is 0.462 bits per heavy atom. The lowest BCUT2D eigenvalue weighted by Crippen LogP contribution is -2.28. The zero-order chi connectivity index (χ0) is 39.4. The second kappa shape index (κ2) is 14.4. The second-order valence-electron chi connectivity index (χ2n) is 15.1. The SMILES string of the molecule is CCC(C)(C)Oc1c(C)cc(C(C)(C)c2cc(C)c(Oc3c(F)c(F)c(-c4c(F)c(F)c(C(C)(CC)CC)c(F)c4F)c(F)c3F)c(C)c2)cc1C. The molecule has 0 heterocycles. The molecule has 0 spiro atoms. The van der Waals surface area contributed by atoms with E-state index in [-0.39, 0.29) is 24.2 Å². The maximum atomic E-state index is 15.6. The molecule has 0 atom stereocenters. The molecule has 0 unspecified atom stereocenters. The van der Waals surface area contributed by atoms with Crippen LogP contribution in [0.3, 0.4) is 0 Å². The maximum Gasteiger partial charge on any atom is 0.205 e. The summed E-state index contributed by atoms with van der Waals surface area (Å²) in [5.41, 5.74) is -2.81. The molecule has 4 aromatic rings. The Hall–Kier alpha value is -4.08. The van der Waals surface area contributed by atoms with Crippen molar-refractivity contribution in [3.05, 3.63) is 110 Å². The van der Waals surface area contributed by atoms with Gasteiger partial charge in [0, 0.05) is 11.0 Å². The van der Waals surface area contributed by atoms with E-state index in [4.69, 9.17) is 9.47 Å². The summed E-state index contributed by atoms with van der Waals surface area (Å²) < 4.78 is 135. The first-order chi connectivity index (χ1) is 24.0. The summed E-state index contributed by atoms with van der Waals surface area (Å²) >= 11 is 0. The fourth-order valence-corrected chi connectivity index (χ4v) is 6.47. The van der Waals surface area contributed by atoms with Crippen molar-refractivity contribution >= 4 is 0 Å². The fraction of sp³-hybridized carbons (Fsp3) is 0.429. The molecular formula is C42H46F8O2. The number of benzene rings is 4. The number of halogens is 8. The Morgan fingerprint density at radius 2 is 0.808 bits per heavy atom. The van der Waals surface area contributed by atoms with Crippen LogP contribution in [0.15, 0.2) is 24.3 Å². The van der Waals surface area contributed by atoms with Gasteiger partial charge in [-0.15, -0.1) is 0 Å². The lowest BCUT2D eigenvalue weighted by molar-refractivity contribution is 0.103. The van der Waals surface area contributed by atoms with Crippen molar-refractivity contribution in [2.45, 2.75) is 119 Å². The number of rotatable bonds is 11. The van der Waals surface area contributed by atoms with Gasteiger partial charge in [-0.2, -0.15) is 8.78 Å². The van der Waals surface area contributed by atoms with Crippen molar-refractivity contribution in [2.75, 3.05) is 0 Å². The maximum absolute atomic E-state index is 15.6. The minimum absolute atomic E-state index is 0.0600. The summed E-state index contributed by atoms with van der Waals surface area (Å²) in [5.74, 6) is -17.9. The molecule has 0 radical (unpaired) electrons. The summed E-state index contributed by atoms with van der Waals surface area (Å²) in [6.45, 7) is 21.6. The molecule has 4 rings (SSSR count). The van der Waals surface area contributed by atoms with Gasteiger partial charge in [-0.3, -0.25) is 0 Å². The van der Waals surface area contributed by atoms with Gasteiger partial charge in [0.15, 0.2) is 34.9 Å². The van der Waals surface area contributed by atoms with E-state index in [1.807, 2.05) is 60.6 Å². The zero-order valence-electron chi connectivity index (χ0n) is 31.8. The van der Waals surface area contributed by atoms with Gasteiger partial charge in [-0.25, -0.2) is 26.3 Å². The number of hydrogen-bond donors (Lipinski definition) is 0. The molecule has 0 amide bonds. The van der Waals surface area contributed by atoms with Crippen molar-refractivity contribution in [3.63, 3.8) is 0 Å². The molecule has 0 bridgehead atoms. The third kappa shape index (κ3) is 6.90. The third-order valence-electron chi connectivity index (χ3n) is 10.7. The topological polar surface area (TPSA) is 18.5 Å². The van der Waals surface area contributed by atoms with Crippen molar-refractivity contribution in [2.24, 2.45) is 0 Å². The van der Waals surface area contributed by atoms with Gasteiger partial charge in [0.05, 0.1) is 11.1 Å². The van der Waals surface area contributed by atoms with Crippen molar-refractivity contribution < 1.29 is 44.6 Å². The predicted octanol–water partition coefficient (Wildman–Crippen LogP) is 13.5. The van der Waals surface area contributed by atoms with Crippen LogP contribution < -0.4 is 9.47 Å². The fourth-order valence-electron chi connectivity index (χ4n) is 6.47. The van der Waals surface area contributed by atoms with E-state index in [0.717, 1.165) is 34.4 Å². The lowest BCUT2D eigenvalue weighted by Gasteiger charge is -2.31. The zero-order valence-corrected chi connectivity index (χ0v) is 31.8. The smallest absolute Gasteiger partial charge is 0.205 e. The Bertz CT molecular complexity index is 1940. The lowest BCUT2D eigenvalue weighted by atomic mass is 9.76. The molecule has 0 N–H and O–H groups in total. The summed E-state index contributed by atoms with van der Waals surface area (Å²) in [6.07, 6.45) is 0.932. The van der Waals surface area contributed by atoms with E-state index in [9.17, 15) is 0 Å². The molecule has 10 heteroatoms. The summed E-state index contributed by atoms with van der Waals surface area (Å²) in [5, 5.41) is 0. The van der Waals surface area contributed by atoms with Gasteiger partial charge in [-0.1, -0.05) is 65.8 Å². The largest absolute Gasteiger partial charge is 0.487 e. The van der Waals surface area contributed by atoms with Gasteiger partial charge in [0.25, 0.3) is 0 Å². The van der Waals surface area contributed by atoms with Crippen molar-refractivity contribution in [1.82, 2.24) is 0 Å². The Kier molecular flexibility index (Phi) is 11.3. The first-order valence-electron chi connectivity index (χ1n) is 17.3. The van der Waals surface area contributed by atoms with Crippen LogP contribution in [0.2, 0.25) is 0 Å². The molecule has 0 aliphatic rings. The van der Waals surface area contributed by atoms with E-state index in [1.54, 1.807) is 26.0 Å². The van der Waals surface area contributed by atoms with Gasteiger partial charge >= 0.3 is 0 Å². The van der Waals surface area contributed by atoms with Crippen LogP contribution in [0.25, 0.3) is 11.1 Å². The number of ether oxygens (including phenoxy) is 2. The molecule has 2 nitrogen and oxygen atoms in total. The van der Waals surface area contributed by atoms with Crippen LogP contribution in [0, 0.1) is 74.2 Å². The molecular weight excluding hydrogens is 688 g/mol. The van der Waals surface area contributed by atoms with Crippen LogP contribution in [-0.2, 0) is 10.8 Å². The minimum atomic E-state index is -2.29. The molecule has 52 heavy (non-hydrogen) atoms. The standard InChI is InChI=1S/C42H46F8O2/c1-13-40(8,9)52-38-22(6)18-25(19-23(38)7)41(10,11)24-16-20(4)37(21(5)17-24)51-39-35(49)31(45)27(32(46)36(39)50)26-29(43)33(47)28(34(48)30(26)44)42(12,14-2)15-3/h16-19H,13-15H2,1-12H3. The molecule has 0 aliphatic heterocycles. The van der Waals surface area contributed by atoms with Crippen LogP contribution in [0.5, 0.6) is 17.2 Å². The van der Waals surface area contributed by atoms with Crippen LogP contribution in [-0.4, -0.2) is 5.60 Å². The van der Waals surface area contributed by atoms with Gasteiger partial charge in [-0.05, 0) is 99.6 Å². The molecule has 0 aromatic heterocycles. The average Bonchev–Trinajstić information content (AvgIpc) is 3.08. The van der Waals surface area contributed by atoms with Gasteiger partial charge < -0.3 is 9.47 Å². The van der Waals surface area contributed by atoms with E-state index in [0.29, 0.717) is 11.1 Å². The number of hydrogen-bond acceptors (Lipinski definition) is 2. The molecule has 282 valence electrons. The van der Waals surface area contributed by atoms with E-state index in [1.165, 1.54) is 20.8 Å². The van der Waals surface area contributed by atoms with Crippen molar-refractivity contribution in [1.29, 1.82) is 0 Å². The van der Waals surface area contributed by atoms with Crippen LogP contribution in [0.4, 0.5) is 35.1 Å². The Morgan fingerprint density at radius 3 is 1.15 bits per heavy atom. The highest BCUT2D eigenvalue weighted by Crippen LogP contribution is 2.46. The summed E-state index contributed by atoms with van der Waals surface area (Å²) in [4.78, 5) is 0. The molecule has 0 saturated carbocycles. The first-order valence-corrected chi connectivity index (χ1v) is 17.3. The van der Waals surface area contributed by atoms with Crippen molar-refractivity contribution in [3.8, 4) is 28.4 Å². The quantitative estimate of drug-likeness (QED) is 0.113. The van der Waals surface area contributed by atoms with E-state index >= 15 is 35.1 Å². The molecule has 0 aliphatic carbocycles. The minimum Gasteiger partial charge on any atom is -0.487 e. The second-order valence-corrected chi connectivity index (χ2v) is 15.1. The highest BCUT2D eigenvalue weighted by atomic mass is 19.2. The van der Waals surface area contributed by atoms with E-state index < -0.39 is 79.8 Å².